The van der Waals surface area contributed by atoms with E-state index < -0.39 is 43.3 Å². The zero-order valence-electron chi connectivity index (χ0n) is 16.7. The molecule has 1 fully saturated rings. The van der Waals surface area contributed by atoms with E-state index in [2.05, 4.69) is 0 Å². The number of benzene rings is 2. The first kappa shape index (κ1) is 21.3. The quantitative estimate of drug-likeness (QED) is 0.434. The van der Waals surface area contributed by atoms with Gasteiger partial charge < -0.3 is 39.2 Å². The summed E-state index contributed by atoms with van der Waals surface area (Å²) in [5.41, 5.74) is 1.64. The first-order chi connectivity index (χ1) is 15.0. The maximum Gasteiger partial charge on any atom is 0.339 e. The Kier molecular flexibility index (Phi) is 5.94. The lowest BCUT2D eigenvalue weighted by Gasteiger charge is -2.39. The maximum absolute atomic E-state index is 12.3. The first-order valence-electron chi connectivity index (χ1n) is 9.71. The summed E-state index contributed by atoms with van der Waals surface area (Å²) in [6, 6.07) is 14.2. The molecule has 31 heavy (non-hydrogen) atoms. The summed E-state index contributed by atoms with van der Waals surface area (Å²) in [5, 5.41) is 40.4. The molecule has 5 atom stereocenters. The topological polar surface area (TPSA) is 131 Å². The first-order valence-corrected chi connectivity index (χ1v) is 9.71. The number of esters is 1. The number of aliphatic hydroxyl groups is 4. The largest absolute Gasteiger partial charge is 0.465 e. The van der Waals surface area contributed by atoms with Gasteiger partial charge in [-0.2, -0.15) is 0 Å². The molecule has 0 bridgehead atoms. The van der Waals surface area contributed by atoms with Crippen molar-refractivity contribution in [3.63, 3.8) is 0 Å². The fraction of sp³-hybridized carbons (Fsp3) is 0.318. The summed E-state index contributed by atoms with van der Waals surface area (Å²) in [5.74, 6) is -0.176. The van der Waals surface area contributed by atoms with Gasteiger partial charge in [-0.3, -0.25) is 0 Å². The number of fused-ring (bicyclic) bond motifs is 1. The number of methoxy groups -OCH3 is 1. The van der Waals surface area contributed by atoms with Gasteiger partial charge in [0.1, 0.15) is 30.2 Å². The van der Waals surface area contributed by atoms with Crippen LogP contribution in [0.15, 0.2) is 54.7 Å². The molecule has 0 aliphatic carbocycles. The number of rotatable bonds is 5. The summed E-state index contributed by atoms with van der Waals surface area (Å²) in [6.45, 7) is -0.556. The van der Waals surface area contributed by atoms with E-state index >= 15 is 0 Å². The smallest absolute Gasteiger partial charge is 0.339 e. The van der Waals surface area contributed by atoms with E-state index in [-0.39, 0.29) is 0 Å². The third kappa shape index (κ3) is 3.78. The molecule has 4 N–H and O–H groups in total. The van der Waals surface area contributed by atoms with E-state index in [1.54, 1.807) is 47.2 Å². The lowest BCUT2D eigenvalue weighted by Crippen LogP contribution is -2.60. The van der Waals surface area contributed by atoms with Crippen LogP contribution >= 0.6 is 0 Å². The summed E-state index contributed by atoms with van der Waals surface area (Å²) in [6.07, 6.45) is -5.35. The Bertz CT molecular complexity index is 1080. The molecule has 4 rings (SSSR count). The monoisotopic (exact) mass is 429 g/mol. The molecular weight excluding hydrogens is 406 g/mol. The SMILES string of the molecule is COC(=O)c1ccccc1-n1cc(O[C@H]2O[C@H](CO)[C@H](O)[C@H](O)[C@H]2O)c2ccccc21. The fourth-order valence-electron chi connectivity index (χ4n) is 3.70. The molecule has 164 valence electrons. The molecule has 1 aliphatic heterocycles. The lowest BCUT2D eigenvalue weighted by atomic mass is 9.99. The second kappa shape index (κ2) is 8.66. The Morgan fingerprint density at radius 2 is 1.74 bits per heavy atom. The highest BCUT2D eigenvalue weighted by Gasteiger charge is 2.45. The van der Waals surface area contributed by atoms with E-state index in [9.17, 15) is 25.2 Å². The van der Waals surface area contributed by atoms with Gasteiger partial charge in [-0.05, 0) is 24.3 Å². The van der Waals surface area contributed by atoms with Crippen LogP contribution in [0.3, 0.4) is 0 Å². The van der Waals surface area contributed by atoms with E-state index in [0.717, 1.165) is 5.52 Å². The molecule has 0 spiro atoms. The predicted octanol–water partition coefficient (Wildman–Crippen LogP) is 0.596. The Hall–Kier alpha value is -2.95. The zero-order valence-corrected chi connectivity index (χ0v) is 16.7. The molecule has 0 amide bonds. The minimum absolute atomic E-state index is 0.319. The molecule has 1 saturated heterocycles. The van der Waals surface area contributed by atoms with Gasteiger partial charge in [0.2, 0.25) is 6.29 Å². The van der Waals surface area contributed by atoms with Gasteiger partial charge in [-0.15, -0.1) is 0 Å². The zero-order chi connectivity index (χ0) is 22.1. The molecule has 2 aromatic carbocycles. The number of nitrogens with zero attached hydrogens (tertiary/aromatic N) is 1. The van der Waals surface area contributed by atoms with Crippen LogP contribution in [0, 0.1) is 0 Å². The van der Waals surface area contributed by atoms with Crippen molar-refractivity contribution in [1.82, 2.24) is 4.57 Å². The van der Waals surface area contributed by atoms with Crippen LogP contribution in [0.5, 0.6) is 5.75 Å². The molecule has 0 unspecified atom stereocenters. The number of ether oxygens (including phenoxy) is 3. The molecular formula is C22H23NO8. The standard InChI is InChI=1S/C22H23NO8/c1-29-21(28)13-7-3-5-9-15(13)23-10-16(12-6-2-4-8-14(12)23)30-22-20(27)19(26)18(25)17(11-24)31-22/h2-10,17-20,22,24-27H,11H2,1H3/t17-,18+,19+,20-,22+/m1/s1. The molecule has 0 saturated carbocycles. The highest BCUT2D eigenvalue weighted by Crippen LogP contribution is 2.34. The molecule has 9 heteroatoms. The summed E-state index contributed by atoms with van der Waals surface area (Å²) in [4.78, 5) is 12.3. The summed E-state index contributed by atoms with van der Waals surface area (Å²) >= 11 is 0. The van der Waals surface area contributed by atoms with E-state index in [1.165, 1.54) is 7.11 Å². The van der Waals surface area contributed by atoms with Crippen LogP contribution in [0.25, 0.3) is 16.6 Å². The molecule has 1 aliphatic rings. The van der Waals surface area contributed by atoms with E-state index in [0.29, 0.717) is 22.4 Å². The second-order valence-corrected chi connectivity index (χ2v) is 7.20. The van der Waals surface area contributed by atoms with Gasteiger partial charge in [0, 0.05) is 5.39 Å². The maximum atomic E-state index is 12.3. The molecule has 0 radical (unpaired) electrons. The molecule has 1 aromatic heterocycles. The van der Waals surface area contributed by atoms with Crippen LogP contribution in [-0.4, -0.2) is 75.4 Å². The number of hydrogen-bond donors (Lipinski definition) is 4. The number of carbonyl (C=O) groups is 1. The van der Waals surface area contributed by atoms with Crippen molar-refractivity contribution < 1.29 is 39.4 Å². The van der Waals surface area contributed by atoms with Crippen LogP contribution in [-0.2, 0) is 9.47 Å². The van der Waals surface area contributed by atoms with Crippen molar-refractivity contribution >= 4 is 16.9 Å². The Balaban J connectivity index is 1.76. The molecule has 3 aromatic rings. The number of hydrogen-bond acceptors (Lipinski definition) is 8. The minimum atomic E-state index is -1.55. The van der Waals surface area contributed by atoms with E-state index in [1.807, 2.05) is 12.1 Å². The van der Waals surface area contributed by atoms with Gasteiger partial charge in [0.15, 0.2) is 0 Å². The van der Waals surface area contributed by atoms with E-state index in [4.69, 9.17) is 14.2 Å². The van der Waals surface area contributed by atoms with Crippen molar-refractivity contribution in [2.24, 2.45) is 0 Å². The Morgan fingerprint density at radius 3 is 2.48 bits per heavy atom. The van der Waals surface area contributed by atoms with Crippen LogP contribution in [0.1, 0.15) is 10.4 Å². The number of para-hydroxylation sites is 2. The average molecular weight is 429 g/mol. The van der Waals surface area contributed by atoms with Gasteiger partial charge in [0.05, 0.1) is 36.7 Å². The highest BCUT2D eigenvalue weighted by atomic mass is 16.7. The Labute approximate surface area is 177 Å². The summed E-state index contributed by atoms with van der Waals surface area (Å²) < 4.78 is 18.0. The predicted molar refractivity (Wildman–Crippen MR) is 109 cm³/mol. The number of aromatic nitrogens is 1. The van der Waals surface area contributed by atoms with Crippen molar-refractivity contribution in [1.29, 1.82) is 0 Å². The lowest BCUT2D eigenvalue weighted by molar-refractivity contribution is -0.277. The van der Waals surface area contributed by atoms with Crippen LogP contribution < -0.4 is 4.74 Å². The molecule has 9 nitrogen and oxygen atoms in total. The number of carbonyl (C=O) groups excluding carboxylic acids is 1. The number of aliphatic hydroxyl groups excluding tert-OH is 4. The third-order valence-corrected chi connectivity index (χ3v) is 5.34. The van der Waals surface area contributed by atoms with Gasteiger partial charge in [0.25, 0.3) is 0 Å². The Morgan fingerprint density at radius 1 is 1.03 bits per heavy atom. The van der Waals surface area contributed by atoms with Crippen molar-refractivity contribution in [2.75, 3.05) is 13.7 Å². The second-order valence-electron chi connectivity index (χ2n) is 7.20. The highest BCUT2D eigenvalue weighted by molar-refractivity contribution is 5.96. The van der Waals surface area contributed by atoms with Crippen molar-refractivity contribution in [3.8, 4) is 11.4 Å². The van der Waals surface area contributed by atoms with Crippen LogP contribution in [0.4, 0.5) is 0 Å². The van der Waals surface area contributed by atoms with Gasteiger partial charge in [-0.1, -0.05) is 24.3 Å². The van der Waals surface area contributed by atoms with Crippen molar-refractivity contribution in [3.05, 3.63) is 60.3 Å². The normalized spacial score (nSPS) is 26.0. The molecule has 2 heterocycles. The van der Waals surface area contributed by atoms with Crippen molar-refractivity contribution in [2.45, 2.75) is 30.7 Å². The summed E-state index contributed by atoms with van der Waals surface area (Å²) in [7, 11) is 1.31. The average Bonchev–Trinajstić information content (AvgIpc) is 3.17. The fourth-order valence-corrected chi connectivity index (χ4v) is 3.70. The van der Waals surface area contributed by atoms with Crippen LogP contribution in [0.2, 0.25) is 0 Å². The van der Waals surface area contributed by atoms with Gasteiger partial charge >= 0.3 is 5.97 Å². The van der Waals surface area contributed by atoms with Gasteiger partial charge in [-0.25, -0.2) is 4.79 Å². The third-order valence-electron chi connectivity index (χ3n) is 5.34. The minimum Gasteiger partial charge on any atom is -0.465 e.